The summed E-state index contributed by atoms with van der Waals surface area (Å²) in [6, 6.07) is 36.8. The zero-order chi connectivity index (χ0) is 33.9. The maximum absolute atomic E-state index is 12.2. The molecule has 2 aromatic heterocycles. The zero-order valence-electron chi connectivity index (χ0n) is 26.7. The molecule has 3 heterocycles. The summed E-state index contributed by atoms with van der Waals surface area (Å²) in [5, 5.41) is 4.90. The van der Waals surface area contributed by atoms with Gasteiger partial charge in [-0.1, -0.05) is 72.3 Å². The summed E-state index contributed by atoms with van der Waals surface area (Å²) in [6.07, 6.45) is 7.99. The lowest BCUT2D eigenvalue weighted by Crippen LogP contribution is -2.53. The van der Waals surface area contributed by atoms with E-state index < -0.39 is 0 Å². The third-order valence-corrected chi connectivity index (χ3v) is 9.13. The number of fused-ring (bicyclic) bond motifs is 2. The Morgan fingerprint density at radius 3 is 2.12 bits per heavy atom. The molecule has 0 spiro atoms. The Kier molecular flexibility index (Phi) is 12.7. The largest absolute Gasteiger partial charge is 0.324 e. The van der Waals surface area contributed by atoms with E-state index in [1.165, 1.54) is 18.3 Å². The molecule has 8 heteroatoms. The van der Waals surface area contributed by atoms with Crippen LogP contribution in [0, 0.1) is 14.1 Å². The van der Waals surface area contributed by atoms with Gasteiger partial charge >= 0.3 is 0 Å². The number of amides is 2. The van der Waals surface area contributed by atoms with E-state index in [0.29, 0.717) is 12.8 Å². The predicted molar refractivity (Wildman–Crippen MR) is 214 cm³/mol. The van der Waals surface area contributed by atoms with Gasteiger partial charge in [-0.15, -0.1) is 6.58 Å². The minimum Gasteiger partial charge on any atom is -0.324 e. The Bertz CT molecular complexity index is 2020. The summed E-state index contributed by atoms with van der Waals surface area (Å²) >= 11 is 4.64. The van der Waals surface area contributed by atoms with Crippen LogP contribution in [-0.2, 0) is 16.0 Å². The summed E-state index contributed by atoms with van der Waals surface area (Å²) in [7, 11) is 0. The minimum absolute atomic E-state index is 0.0758. The van der Waals surface area contributed by atoms with Crippen molar-refractivity contribution < 1.29 is 9.59 Å². The van der Waals surface area contributed by atoms with Crippen LogP contribution in [-0.4, -0.2) is 27.8 Å². The van der Waals surface area contributed by atoms with Gasteiger partial charge in [0.2, 0.25) is 11.8 Å². The van der Waals surface area contributed by atoms with Crippen molar-refractivity contribution in [1.82, 2.24) is 9.97 Å². The molecule has 6 aromatic rings. The van der Waals surface area contributed by atoms with Gasteiger partial charge in [-0.25, -0.2) is 0 Å². The topological polar surface area (TPSA) is 75.2 Å². The number of halogens is 2. The number of β-lactam (4-membered cyclic amide) rings is 1. The number of hydrogen-bond donors (Lipinski definition) is 1. The van der Waals surface area contributed by atoms with Crippen molar-refractivity contribution in [3.63, 3.8) is 0 Å². The molecule has 1 fully saturated rings. The summed E-state index contributed by atoms with van der Waals surface area (Å²) in [5.74, 6) is 0.119. The molecule has 1 unspecified atom stereocenters. The molecule has 4 aromatic carbocycles. The standard InChI is InChI=1S/C20H17IN2O.C13H12N2O.C7H7I/c21-16-7-1-4-14(12-16)9-10-17-13-19(24)23(17)18-8-2-5-15-6-3-11-22-20(15)18;1-2-5-12(16)15-11-8-3-6-10-7-4-9-14-13(10)11;1-6-3-2-4-7(8)5-6/h1-8,11-12,17H,9-10,13H2;2-4,6-9H,1,5H2,(H,15,16);2-5H,1H3. The molecule has 1 aliphatic heterocycles. The number of nitrogens with one attached hydrogen (secondary N) is 1. The second-order valence-electron chi connectivity index (χ2n) is 11.4. The van der Waals surface area contributed by atoms with Crippen LogP contribution in [0.3, 0.4) is 0 Å². The number of hydrogen-bond acceptors (Lipinski definition) is 4. The van der Waals surface area contributed by atoms with E-state index in [1.54, 1.807) is 18.5 Å². The number of para-hydroxylation sites is 2. The number of aromatic nitrogens is 2. The maximum atomic E-state index is 12.2. The quantitative estimate of drug-likeness (QED) is 0.0986. The summed E-state index contributed by atoms with van der Waals surface area (Å²) < 4.78 is 2.56. The first kappa shape index (κ1) is 35.2. The van der Waals surface area contributed by atoms with Crippen LogP contribution >= 0.6 is 45.2 Å². The van der Waals surface area contributed by atoms with Crippen LogP contribution in [0.1, 0.15) is 30.4 Å². The number of pyridine rings is 2. The minimum atomic E-state index is -0.0758. The monoisotopic (exact) mass is 858 g/mol. The number of carbonyl (C=O) groups excluding carboxylic acids is 2. The van der Waals surface area contributed by atoms with Gasteiger partial charge in [-0.2, -0.15) is 0 Å². The first-order valence-electron chi connectivity index (χ1n) is 15.7. The molecule has 0 radical (unpaired) electrons. The molecule has 1 N–H and O–H groups in total. The van der Waals surface area contributed by atoms with Crippen LogP contribution in [0.4, 0.5) is 11.4 Å². The number of aryl methyl sites for hydroxylation is 2. The Morgan fingerprint density at radius 2 is 1.48 bits per heavy atom. The lowest BCUT2D eigenvalue weighted by atomic mass is 9.93. The first-order chi connectivity index (χ1) is 23.3. The SMILES string of the molecule is C=CCC(=O)Nc1cccc2cccnc12.Cc1cccc(I)c1.O=C1CC(CCc2cccc(I)c2)N1c1cccc2cccnc12. The Balaban J connectivity index is 0.000000161. The van der Waals surface area contributed by atoms with Gasteiger partial charge in [-0.05, 0) is 119 Å². The summed E-state index contributed by atoms with van der Waals surface area (Å²) in [4.78, 5) is 34.4. The molecule has 1 atom stereocenters. The van der Waals surface area contributed by atoms with E-state index in [4.69, 9.17) is 0 Å². The van der Waals surface area contributed by atoms with Gasteiger partial charge in [0.25, 0.3) is 0 Å². The zero-order valence-corrected chi connectivity index (χ0v) is 31.0. The van der Waals surface area contributed by atoms with E-state index in [9.17, 15) is 9.59 Å². The highest BCUT2D eigenvalue weighted by molar-refractivity contribution is 14.1. The van der Waals surface area contributed by atoms with Crippen molar-refractivity contribution in [2.24, 2.45) is 0 Å². The van der Waals surface area contributed by atoms with Gasteiger partial charge in [0.1, 0.15) is 0 Å². The van der Waals surface area contributed by atoms with Crippen molar-refractivity contribution in [3.8, 4) is 0 Å². The van der Waals surface area contributed by atoms with E-state index in [2.05, 4.69) is 123 Å². The summed E-state index contributed by atoms with van der Waals surface area (Å²) in [5.41, 5.74) is 6.06. The molecule has 0 saturated carbocycles. The fourth-order valence-corrected chi connectivity index (χ4v) is 6.80. The van der Waals surface area contributed by atoms with Crippen molar-refractivity contribution in [2.45, 2.75) is 38.6 Å². The number of benzene rings is 4. The molecule has 1 saturated heterocycles. The molecule has 7 rings (SSSR count). The molecular formula is C40H36I2N4O2. The van der Waals surface area contributed by atoms with Gasteiger partial charge in [0, 0.05) is 49.2 Å². The molecule has 6 nitrogen and oxygen atoms in total. The van der Waals surface area contributed by atoms with Gasteiger partial charge < -0.3 is 10.2 Å². The lowest BCUT2D eigenvalue weighted by Gasteiger charge is -2.41. The van der Waals surface area contributed by atoms with Crippen molar-refractivity contribution in [2.75, 3.05) is 10.2 Å². The number of nitrogens with zero attached hydrogens (tertiary/aromatic N) is 3. The lowest BCUT2D eigenvalue weighted by molar-refractivity contribution is -0.124. The molecule has 2 amide bonds. The smallest absolute Gasteiger partial charge is 0.229 e. The van der Waals surface area contributed by atoms with E-state index >= 15 is 0 Å². The second kappa shape index (κ2) is 17.3. The molecule has 0 bridgehead atoms. The average molecular weight is 859 g/mol. The molecule has 1 aliphatic rings. The molecule has 0 aliphatic carbocycles. The van der Waals surface area contributed by atoms with E-state index in [1.807, 2.05) is 65.6 Å². The first-order valence-corrected chi connectivity index (χ1v) is 17.8. The summed E-state index contributed by atoms with van der Waals surface area (Å²) in [6.45, 7) is 5.63. The molecular weight excluding hydrogens is 822 g/mol. The van der Waals surface area contributed by atoms with Crippen LogP contribution in [0.25, 0.3) is 21.8 Å². The van der Waals surface area contributed by atoms with E-state index in [-0.39, 0.29) is 17.9 Å². The molecule has 242 valence electrons. The highest BCUT2D eigenvalue weighted by atomic mass is 127. The van der Waals surface area contributed by atoms with Gasteiger partial charge in [0.05, 0.1) is 22.4 Å². The highest BCUT2D eigenvalue weighted by Gasteiger charge is 2.37. The van der Waals surface area contributed by atoms with Crippen LogP contribution in [0.2, 0.25) is 0 Å². The third-order valence-electron chi connectivity index (χ3n) is 7.79. The normalized spacial score (nSPS) is 13.4. The van der Waals surface area contributed by atoms with E-state index in [0.717, 1.165) is 46.0 Å². The second-order valence-corrected chi connectivity index (χ2v) is 13.9. The maximum Gasteiger partial charge on any atom is 0.229 e. The van der Waals surface area contributed by atoms with Gasteiger partial charge in [0.15, 0.2) is 0 Å². The van der Waals surface area contributed by atoms with Gasteiger partial charge in [-0.3, -0.25) is 19.6 Å². The Labute approximate surface area is 309 Å². The number of rotatable bonds is 7. The van der Waals surface area contributed by atoms with Crippen molar-refractivity contribution in [3.05, 3.63) is 153 Å². The fraction of sp³-hybridized carbons (Fsp3) is 0.150. The third kappa shape index (κ3) is 9.47. The van der Waals surface area contributed by atoms with Crippen molar-refractivity contribution >= 4 is 90.2 Å². The molecule has 48 heavy (non-hydrogen) atoms. The van der Waals surface area contributed by atoms with Crippen molar-refractivity contribution in [1.29, 1.82) is 0 Å². The predicted octanol–water partition coefficient (Wildman–Crippen LogP) is 9.93. The average Bonchev–Trinajstić information content (AvgIpc) is 3.07. The van der Waals surface area contributed by atoms with Crippen LogP contribution < -0.4 is 10.2 Å². The fourth-order valence-electron chi connectivity index (χ4n) is 5.50. The van der Waals surface area contributed by atoms with Crippen LogP contribution in [0.5, 0.6) is 0 Å². The van der Waals surface area contributed by atoms with Crippen LogP contribution in [0.15, 0.2) is 134 Å². The number of anilines is 2. The Hall–Kier alpha value is -4.16. The Morgan fingerprint density at radius 1 is 0.854 bits per heavy atom. The number of carbonyl (C=O) groups is 2. The highest BCUT2D eigenvalue weighted by Crippen LogP contribution is 2.34.